The Labute approximate surface area is 108 Å². The molecule has 0 saturated carbocycles. The molecule has 16 heavy (non-hydrogen) atoms. The molecule has 80 valence electrons. The molecule has 0 aliphatic carbocycles. The van der Waals surface area contributed by atoms with Crippen molar-refractivity contribution in [2.45, 2.75) is 0 Å². The molecule has 2 heteroatoms. The molecule has 0 nitrogen and oxygen atoms in total. The molecule has 0 aliphatic rings. The molecule has 0 saturated heterocycles. The fraction of sp³-hybridized carbons (Fsp3) is 0. The van der Waals surface area contributed by atoms with Crippen LogP contribution in [0.15, 0.2) is 69.4 Å². The summed E-state index contributed by atoms with van der Waals surface area (Å²) in [6, 6.07) is 19.1. The monoisotopic (exact) mass is 340 g/mol. The minimum atomic E-state index is 0.571. The maximum absolute atomic E-state index is 2.25. The van der Waals surface area contributed by atoms with Gasteiger partial charge in [-0.1, -0.05) is 0 Å². The second-order valence-electron chi connectivity index (χ2n) is 3.14. The van der Waals surface area contributed by atoms with Gasteiger partial charge in [-0.15, -0.1) is 0 Å². The van der Waals surface area contributed by atoms with Crippen LogP contribution in [0.4, 0.5) is 0 Å². The zero-order valence-corrected chi connectivity index (χ0v) is 12.2. The Hall–Kier alpha value is -0.781. The number of hydrogen-bond donors (Lipinski definition) is 0. The molecule has 0 unspecified atom stereocenters. The Bertz CT molecular complexity index is 449. The van der Waals surface area contributed by atoms with E-state index in [0.29, 0.717) is 29.0 Å². The van der Waals surface area contributed by atoms with Gasteiger partial charge < -0.3 is 0 Å². The van der Waals surface area contributed by atoms with Gasteiger partial charge in [-0.2, -0.15) is 0 Å². The average molecular weight is 338 g/mol. The third-order valence-corrected chi connectivity index (χ3v) is 5.25. The second kappa shape index (κ2) is 6.73. The van der Waals surface area contributed by atoms with E-state index in [-0.39, 0.29) is 0 Å². The summed E-state index contributed by atoms with van der Waals surface area (Å²) in [5.74, 6) is 0. The molecular weight excluding hydrogens is 326 g/mol. The summed E-state index contributed by atoms with van der Waals surface area (Å²) in [4.78, 5) is 6.62. The van der Waals surface area contributed by atoms with Gasteiger partial charge >= 0.3 is 108 Å². The summed E-state index contributed by atoms with van der Waals surface area (Å²) in [7, 11) is 0. The van der Waals surface area contributed by atoms with Crippen LogP contribution in [0, 0.1) is 0 Å². The predicted octanol–water partition coefficient (Wildman–Crippen LogP) is 3.15. The van der Waals surface area contributed by atoms with Crippen molar-refractivity contribution in [3.8, 4) is 10.0 Å². The van der Waals surface area contributed by atoms with E-state index >= 15 is 0 Å². The molecule has 1 aromatic carbocycles. The van der Waals surface area contributed by atoms with Gasteiger partial charge in [0.05, 0.1) is 0 Å². The molecule has 3 aromatic rings. The summed E-state index contributed by atoms with van der Waals surface area (Å²) >= 11 is 1.28. The Morgan fingerprint density at radius 3 is 1.88 bits per heavy atom. The zero-order valence-electron chi connectivity index (χ0n) is 8.74. The Morgan fingerprint density at radius 1 is 0.625 bits per heavy atom. The van der Waals surface area contributed by atoms with Crippen molar-refractivity contribution >= 4 is 29.0 Å². The van der Waals surface area contributed by atoms with Crippen LogP contribution >= 0.6 is 0 Å². The molecule has 2 heterocycles. The van der Waals surface area contributed by atoms with Crippen LogP contribution in [0.1, 0.15) is 0 Å². The summed E-state index contributed by atoms with van der Waals surface area (Å²) in [6.07, 6.45) is 0. The SMILES string of the molecule is c1cc[se]c1.c1ccc(-c2ccc[se]2)cc1. The molecule has 0 bridgehead atoms. The molecule has 0 aliphatic heterocycles. The van der Waals surface area contributed by atoms with Crippen LogP contribution in [0.2, 0.25) is 0 Å². The Morgan fingerprint density at radius 2 is 1.38 bits per heavy atom. The van der Waals surface area contributed by atoms with Crippen LogP contribution in [0.3, 0.4) is 0 Å². The van der Waals surface area contributed by atoms with Crippen molar-refractivity contribution in [2.75, 3.05) is 0 Å². The normalized spacial score (nSPS) is 9.25. The molecule has 0 fully saturated rings. The van der Waals surface area contributed by atoms with Crippen molar-refractivity contribution < 1.29 is 0 Å². The zero-order chi connectivity index (χ0) is 11.1. The van der Waals surface area contributed by atoms with Crippen molar-refractivity contribution in [1.82, 2.24) is 0 Å². The molecule has 2 aromatic heterocycles. The first-order valence-corrected chi connectivity index (χ1v) is 8.85. The van der Waals surface area contributed by atoms with Gasteiger partial charge in [0.15, 0.2) is 0 Å². The summed E-state index contributed by atoms with van der Waals surface area (Å²) < 4.78 is 1.48. The van der Waals surface area contributed by atoms with E-state index in [1.807, 2.05) is 0 Å². The Kier molecular flexibility index (Phi) is 4.92. The van der Waals surface area contributed by atoms with E-state index in [4.69, 9.17) is 0 Å². The van der Waals surface area contributed by atoms with Crippen molar-refractivity contribution in [3.05, 3.63) is 69.4 Å². The minimum absolute atomic E-state index is 0.571. The first-order valence-electron chi connectivity index (χ1n) is 5.03. The van der Waals surface area contributed by atoms with Gasteiger partial charge in [-0.25, -0.2) is 0 Å². The fourth-order valence-electron chi connectivity index (χ4n) is 1.27. The van der Waals surface area contributed by atoms with E-state index < -0.39 is 0 Å². The summed E-state index contributed by atoms with van der Waals surface area (Å²) in [6.45, 7) is 0. The van der Waals surface area contributed by atoms with Crippen LogP contribution in [0.5, 0.6) is 0 Å². The van der Waals surface area contributed by atoms with Crippen molar-refractivity contribution in [1.29, 1.82) is 0 Å². The van der Waals surface area contributed by atoms with E-state index in [0.717, 1.165) is 0 Å². The topological polar surface area (TPSA) is 0 Å². The molecular formula is C14H12Se2. The van der Waals surface area contributed by atoms with Gasteiger partial charge in [0.2, 0.25) is 0 Å². The van der Waals surface area contributed by atoms with Crippen molar-refractivity contribution in [3.63, 3.8) is 0 Å². The van der Waals surface area contributed by atoms with Crippen LogP contribution in [-0.2, 0) is 0 Å². The summed E-state index contributed by atoms with van der Waals surface area (Å²) in [5.41, 5.74) is 1.37. The van der Waals surface area contributed by atoms with Gasteiger partial charge in [-0.3, -0.25) is 0 Å². The number of hydrogen-bond acceptors (Lipinski definition) is 0. The average Bonchev–Trinajstić information content (AvgIpc) is 3.07. The third kappa shape index (κ3) is 3.66. The molecule has 0 atom stereocenters. The standard InChI is InChI=1S/C10H8Se.C4H4Se/c1-2-5-9(6-3-1)10-7-4-8-11-10;1-2-4-5-3-1/h1-8H;1-4H. The van der Waals surface area contributed by atoms with Crippen molar-refractivity contribution in [2.24, 2.45) is 0 Å². The van der Waals surface area contributed by atoms with E-state index in [1.165, 1.54) is 10.0 Å². The first kappa shape index (κ1) is 11.7. The van der Waals surface area contributed by atoms with E-state index in [1.54, 1.807) is 0 Å². The molecule has 0 N–H and O–H groups in total. The fourth-order valence-corrected chi connectivity index (χ4v) is 3.76. The van der Waals surface area contributed by atoms with Gasteiger partial charge in [-0.05, 0) is 0 Å². The third-order valence-electron chi connectivity index (χ3n) is 2.00. The van der Waals surface area contributed by atoms with Gasteiger partial charge in [0, 0.05) is 0 Å². The number of benzene rings is 1. The van der Waals surface area contributed by atoms with Crippen LogP contribution in [-0.4, -0.2) is 29.0 Å². The molecule has 0 spiro atoms. The van der Waals surface area contributed by atoms with E-state index in [9.17, 15) is 0 Å². The second-order valence-corrected chi connectivity index (χ2v) is 6.84. The maximum atomic E-state index is 2.25. The van der Waals surface area contributed by atoms with Crippen LogP contribution in [0.25, 0.3) is 10.0 Å². The van der Waals surface area contributed by atoms with E-state index in [2.05, 4.69) is 69.4 Å². The molecule has 0 amide bonds. The van der Waals surface area contributed by atoms with Gasteiger partial charge in [0.1, 0.15) is 0 Å². The molecule has 0 radical (unpaired) electrons. The quantitative estimate of drug-likeness (QED) is 0.598. The predicted molar refractivity (Wildman–Crippen MR) is 72.2 cm³/mol. The summed E-state index contributed by atoms with van der Waals surface area (Å²) in [5, 5.41) is 0. The van der Waals surface area contributed by atoms with Crippen LogP contribution < -0.4 is 0 Å². The number of rotatable bonds is 1. The Balaban J connectivity index is 0.000000162. The van der Waals surface area contributed by atoms with Gasteiger partial charge in [0.25, 0.3) is 0 Å². The molecule has 3 rings (SSSR count). The first-order chi connectivity index (χ1) is 7.97.